The van der Waals surface area contributed by atoms with Crippen LogP contribution in [0.5, 0.6) is 0 Å². The van der Waals surface area contributed by atoms with Crippen LogP contribution >= 0.6 is 0 Å². The number of rotatable bonds is 10. The summed E-state index contributed by atoms with van der Waals surface area (Å²) in [5.41, 5.74) is -1.24. The van der Waals surface area contributed by atoms with Gasteiger partial charge in [-0.05, 0) is 82.3 Å². The summed E-state index contributed by atoms with van der Waals surface area (Å²) in [5.74, 6) is -5.87. The molecule has 1 aliphatic rings. The highest BCUT2D eigenvalue weighted by Gasteiger charge is 2.27. The van der Waals surface area contributed by atoms with Crippen molar-refractivity contribution in [1.29, 1.82) is 0 Å². The van der Waals surface area contributed by atoms with Gasteiger partial charge >= 0.3 is 11.7 Å². The molecule has 14 nitrogen and oxygen atoms in total. The van der Waals surface area contributed by atoms with E-state index < -0.39 is 73.5 Å². The van der Waals surface area contributed by atoms with E-state index >= 15 is 8.78 Å². The predicted octanol–water partition coefficient (Wildman–Crippen LogP) is 2.56. The van der Waals surface area contributed by atoms with Gasteiger partial charge in [0.25, 0.3) is 27.4 Å². The Morgan fingerprint density at radius 2 is 1.57 bits per heavy atom. The number of amides is 2. The summed E-state index contributed by atoms with van der Waals surface area (Å²) in [5, 5.41) is 14.7. The second kappa shape index (κ2) is 14.7. The Bertz CT molecular complexity index is 2330. The Kier molecular flexibility index (Phi) is 10.7. The van der Waals surface area contributed by atoms with Gasteiger partial charge in [0, 0.05) is 55.0 Å². The normalized spacial score (nSPS) is 13.9. The van der Waals surface area contributed by atoms with Crippen LogP contribution in [0.15, 0.2) is 75.1 Å². The van der Waals surface area contributed by atoms with E-state index in [4.69, 9.17) is 0 Å². The van der Waals surface area contributed by atoms with Gasteiger partial charge in [-0.25, -0.2) is 31.4 Å². The van der Waals surface area contributed by atoms with Crippen molar-refractivity contribution in [2.45, 2.75) is 56.6 Å². The molecule has 0 aliphatic carbocycles. The van der Waals surface area contributed by atoms with E-state index in [0.29, 0.717) is 48.5 Å². The largest absolute Gasteiger partial charge is 0.480 e. The van der Waals surface area contributed by atoms with Gasteiger partial charge in [0.1, 0.15) is 17.7 Å². The molecule has 0 spiro atoms. The lowest BCUT2D eigenvalue weighted by atomic mass is 10.0. The van der Waals surface area contributed by atoms with Crippen molar-refractivity contribution < 1.29 is 36.7 Å². The SMILES string of the molecule is CN1CCc2c(n(C)c(=O)n(-c3ccc(C[C@H](NC(=O)c4cc(F)c(NS(=O)(=O)c5ccc(C(=O)NC(C)(C)C)cc5)cc4F)C(=O)O)cc3)c2=O)C1. The standard InChI is InChI=1S/C36H38F2N6O8S/c1-36(2,3)40-31(45)21-8-12-23(13-9-21)53(51,52)41-28-18-26(37)25(17-27(28)38)32(46)39-29(34(48)49)16-20-6-10-22(11-7-20)44-33(47)24-14-15-42(4)19-30(24)43(5)35(44)50/h6-13,17-18,29,41H,14-16,19H2,1-5H3,(H,39,46)(H,40,45)(H,48,49)/t29-/m0/s1. The molecule has 1 aromatic heterocycles. The number of carboxylic acid groups (broad SMARTS) is 1. The molecule has 0 unspecified atom stereocenters. The fourth-order valence-electron chi connectivity index (χ4n) is 5.78. The second-order valence-corrected chi connectivity index (χ2v) is 15.5. The minimum absolute atomic E-state index is 0.172. The quantitative estimate of drug-likeness (QED) is 0.189. The van der Waals surface area contributed by atoms with Gasteiger partial charge in [0.2, 0.25) is 0 Å². The number of nitrogens with one attached hydrogen (secondary N) is 3. The number of carbonyl (C=O) groups excluding carboxylic acids is 2. The minimum atomic E-state index is -4.47. The first kappa shape index (κ1) is 38.5. The van der Waals surface area contributed by atoms with E-state index in [0.717, 1.165) is 16.7 Å². The molecule has 0 fully saturated rings. The molecule has 280 valence electrons. The summed E-state index contributed by atoms with van der Waals surface area (Å²) in [6, 6.07) is 9.90. The maximum Gasteiger partial charge on any atom is 0.335 e. The number of halogens is 2. The number of sulfonamides is 1. The molecule has 1 aliphatic heterocycles. The molecule has 2 amide bonds. The summed E-state index contributed by atoms with van der Waals surface area (Å²) in [7, 11) is -0.989. The van der Waals surface area contributed by atoms with Crippen LogP contribution in [-0.2, 0) is 41.3 Å². The maximum absolute atomic E-state index is 15.1. The van der Waals surface area contributed by atoms with Gasteiger partial charge in [0.05, 0.1) is 21.8 Å². The zero-order valence-corrected chi connectivity index (χ0v) is 30.3. The molecule has 0 bridgehead atoms. The van der Waals surface area contributed by atoms with Crippen molar-refractivity contribution >= 4 is 33.5 Å². The third kappa shape index (κ3) is 8.52. The second-order valence-electron chi connectivity index (χ2n) is 13.8. The van der Waals surface area contributed by atoms with Crippen LogP contribution in [0.1, 0.15) is 58.3 Å². The molecular weight excluding hydrogens is 714 g/mol. The molecule has 17 heteroatoms. The third-order valence-electron chi connectivity index (χ3n) is 8.55. The van der Waals surface area contributed by atoms with E-state index in [2.05, 4.69) is 10.6 Å². The Hall–Kier alpha value is -5.68. The average molecular weight is 753 g/mol. The fourth-order valence-corrected chi connectivity index (χ4v) is 6.84. The van der Waals surface area contributed by atoms with E-state index in [1.54, 1.807) is 27.8 Å². The highest BCUT2D eigenvalue weighted by Crippen LogP contribution is 2.24. The number of carbonyl (C=O) groups is 3. The van der Waals surface area contributed by atoms with Crippen LogP contribution in [-0.4, -0.2) is 70.5 Å². The van der Waals surface area contributed by atoms with Crippen LogP contribution in [0.25, 0.3) is 5.69 Å². The highest BCUT2D eigenvalue weighted by atomic mass is 32.2. The van der Waals surface area contributed by atoms with Gasteiger partial charge in [-0.2, -0.15) is 0 Å². The Labute approximate surface area is 303 Å². The van der Waals surface area contributed by atoms with E-state index in [1.807, 2.05) is 16.7 Å². The summed E-state index contributed by atoms with van der Waals surface area (Å²) in [6.07, 6.45) is 0.165. The van der Waals surface area contributed by atoms with Gasteiger partial charge in [-0.15, -0.1) is 0 Å². The van der Waals surface area contributed by atoms with Gasteiger partial charge in [-0.1, -0.05) is 12.1 Å². The lowest BCUT2D eigenvalue weighted by Crippen LogP contribution is -2.45. The van der Waals surface area contributed by atoms with Crippen molar-refractivity contribution in [1.82, 2.24) is 24.7 Å². The highest BCUT2D eigenvalue weighted by molar-refractivity contribution is 7.92. The third-order valence-corrected chi connectivity index (χ3v) is 9.94. The summed E-state index contributed by atoms with van der Waals surface area (Å²) in [4.78, 5) is 65.5. The van der Waals surface area contributed by atoms with E-state index in [1.165, 1.54) is 41.0 Å². The van der Waals surface area contributed by atoms with Crippen LogP contribution in [0, 0.1) is 11.6 Å². The van der Waals surface area contributed by atoms with Crippen molar-refractivity contribution in [3.63, 3.8) is 0 Å². The van der Waals surface area contributed by atoms with Crippen molar-refractivity contribution in [3.8, 4) is 5.69 Å². The summed E-state index contributed by atoms with van der Waals surface area (Å²) < 4.78 is 60.4. The minimum Gasteiger partial charge on any atom is -0.480 e. The van der Waals surface area contributed by atoms with Crippen LogP contribution in [0.3, 0.4) is 0 Å². The Balaban J connectivity index is 1.29. The van der Waals surface area contributed by atoms with Gasteiger partial charge in [0.15, 0.2) is 0 Å². The Morgan fingerprint density at radius 3 is 2.17 bits per heavy atom. The zero-order valence-electron chi connectivity index (χ0n) is 29.5. The smallest absolute Gasteiger partial charge is 0.335 e. The maximum atomic E-state index is 15.1. The molecular formula is C36H38F2N6O8S. The fraction of sp³-hybridized carbons (Fsp3) is 0.306. The molecule has 2 heterocycles. The number of benzene rings is 3. The number of carboxylic acids is 1. The number of aromatic nitrogens is 2. The lowest BCUT2D eigenvalue weighted by molar-refractivity contribution is -0.139. The molecule has 3 aromatic carbocycles. The average Bonchev–Trinajstić information content (AvgIpc) is 3.08. The number of hydrogen-bond donors (Lipinski definition) is 4. The summed E-state index contributed by atoms with van der Waals surface area (Å²) >= 11 is 0. The van der Waals surface area contributed by atoms with Gasteiger partial charge < -0.3 is 20.6 Å². The Morgan fingerprint density at radius 1 is 0.925 bits per heavy atom. The number of fused-ring (bicyclic) bond motifs is 1. The number of nitrogens with zero attached hydrogens (tertiary/aromatic N) is 3. The number of likely N-dealkylation sites (N-methyl/N-ethyl adjacent to an activating group) is 1. The molecule has 1 atom stereocenters. The summed E-state index contributed by atoms with van der Waals surface area (Å²) in [6.45, 7) is 6.42. The molecule has 53 heavy (non-hydrogen) atoms. The van der Waals surface area contributed by atoms with Crippen LogP contribution in [0.4, 0.5) is 14.5 Å². The first-order valence-corrected chi connectivity index (χ1v) is 17.8. The molecule has 4 aromatic rings. The van der Waals surface area contributed by atoms with E-state index in [9.17, 15) is 37.5 Å². The number of aliphatic carboxylic acids is 1. The zero-order chi connectivity index (χ0) is 39.0. The van der Waals surface area contributed by atoms with Crippen molar-refractivity contribution in [3.05, 3.63) is 121 Å². The van der Waals surface area contributed by atoms with Crippen molar-refractivity contribution in [2.75, 3.05) is 18.3 Å². The molecule has 4 N–H and O–H groups in total. The molecule has 0 saturated carbocycles. The van der Waals surface area contributed by atoms with Crippen molar-refractivity contribution in [2.24, 2.45) is 7.05 Å². The number of anilines is 1. The molecule has 0 radical (unpaired) electrons. The monoisotopic (exact) mass is 752 g/mol. The first-order chi connectivity index (χ1) is 24.8. The molecule has 0 saturated heterocycles. The van der Waals surface area contributed by atoms with Crippen LogP contribution < -0.4 is 26.6 Å². The lowest BCUT2D eigenvalue weighted by Gasteiger charge is -2.26. The molecule has 5 rings (SSSR count). The van der Waals surface area contributed by atoms with E-state index in [-0.39, 0.29) is 22.6 Å². The van der Waals surface area contributed by atoms with Gasteiger partial charge in [-0.3, -0.25) is 23.7 Å². The van der Waals surface area contributed by atoms with Crippen LogP contribution in [0.2, 0.25) is 0 Å². The number of hydrogen-bond acceptors (Lipinski definition) is 8. The topological polar surface area (TPSA) is 189 Å². The predicted molar refractivity (Wildman–Crippen MR) is 191 cm³/mol. The first-order valence-electron chi connectivity index (χ1n) is 16.4.